The first-order valence-electron chi connectivity index (χ1n) is 9.65. The van der Waals surface area contributed by atoms with Crippen LogP contribution in [-0.2, 0) is 14.6 Å². The molecule has 4 nitrogen and oxygen atoms in total. The van der Waals surface area contributed by atoms with Crippen LogP contribution in [0.1, 0.15) is 38.3 Å². The topological polar surface area (TPSA) is 66.8 Å². The smallest absolute Gasteiger partial charge is 0.332 e. The molecule has 2 aromatic rings. The number of carboxylic acid groups (broad SMARTS) is 1. The Morgan fingerprint density at radius 1 is 0.964 bits per heavy atom. The number of carboxylic acids is 1. The molecule has 0 saturated heterocycles. The maximum Gasteiger partial charge on any atom is 0.332 e. The molecule has 2 aromatic carbocycles. The standard InChI is InChI=1S/C23H32O4Si/c1-22(2,3)28(4,5)27-17-23(16-20(24)21(25)26,18-12-8-6-9-13-18)19-14-10-7-11-15-19/h6-15,20,24H,16-17H2,1-5H3,(H,25,26). The lowest BCUT2D eigenvalue weighted by atomic mass is 9.71. The average Bonchev–Trinajstić information content (AvgIpc) is 2.65. The largest absolute Gasteiger partial charge is 0.479 e. The Hall–Kier alpha value is -1.95. The number of hydrogen-bond donors (Lipinski definition) is 2. The molecule has 0 aliphatic rings. The van der Waals surface area contributed by atoms with Crippen LogP contribution in [0.4, 0.5) is 0 Å². The fourth-order valence-corrected chi connectivity index (χ4v) is 4.12. The highest BCUT2D eigenvalue weighted by Gasteiger charge is 2.43. The van der Waals surface area contributed by atoms with E-state index in [0.717, 1.165) is 11.1 Å². The van der Waals surface area contributed by atoms with Crippen LogP contribution in [0.25, 0.3) is 0 Å². The summed E-state index contributed by atoms with van der Waals surface area (Å²) in [5.41, 5.74) is 1.14. The zero-order chi connectivity index (χ0) is 21.0. The third-order valence-electron chi connectivity index (χ3n) is 5.97. The number of aliphatic hydroxyl groups is 1. The summed E-state index contributed by atoms with van der Waals surface area (Å²) in [6, 6.07) is 19.5. The summed E-state index contributed by atoms with van der Waals surface area (Å²) in [7, 11) is -2.09. The van der Waals surface area contributed by atoms with Gasteiger partial charge in [0.1, 0.15) is 0 Å². The minimum absolute atomic E-state index is 0.0253. The van der Waals surface area contributed by atoms with Crippen molar-refractivity contribution in [1.29, 1.82) is 0 Å². The molecule has 0 aliphatic heterocycles. The second-order valence-corrected chi connectivity index (χ2v) is 13.7. The van der Waals surface area contributed by atoms with Crippen LogP contribution < -0.4 is 0 Å². The number of aliphatic carboxylic acids is 1. The van der Waals surface area contributed by atoms with Crippen molar-refractivity contribution in [2.45, 2.75) is 56.8 Å². The molecule has 0 heterocycles. The molecular formula is C23H32O4Si. The molecular weight excluding hydrogens is 368 g/mol. The predicted molar refractivity (Wildman–Crippen MR) is 115 cm³/mol. The van der Waals surface area contributed by atoms with Crippen molar-refractivity contribution in [3.8, 4) is 0 Å². The van der Waals surface area contributed by atoms with Crippen molar-refractivity contribution in [3.05, 3.63) is 71.8 Å². The van der Waals surface area contributed by atoms with Crippen LogP contribution >= 0.6 is 0 Å². The van der Waals surface area contributed by atoms with E-state index < -0.39 is 25.8 Å². The number of rotatable bonds is 8. The van der Waals surface area contributed by atoms with Gasteiger partial charge in [0.25, 0.3) is 0 Å². The van der Waals surface area contributed by atoms with E-state index in [9.17, 15) is 15.0 Å². The molecule has 0 spiro atoms. The molecule has 1 unspecified atom stereocenters. The maximum absolute atomic E-state index is 11.5. The lowest BCUT2D eigenvalue weighted by molar-refractivity contribution is -0.147. The van der Waals surface area contributed by atoms with Gasteiger partial charge >= 0.3 is 5.97 Å². The van der Waals surface area contributed by atoms with E-state index in [-0.39, 0.29) is 11.5 Å². The van der Waals surface area contributed by atoms with Crippen LogP contribution in [0.5, 0.6) is 0 Å². The minimum Gasteiger partial charge on any atom is -0.479 e. The fourth-order valence-electron chi connectivity index (χ4n) is 3.08. The van der Waals surface area contributed by atoms with Crippen molar-refractivity contribution in [1.82, 2.24) is 0 Å². The van der Waals surface area contributed by atoms with E-state index in [1.807, 2.05) is 60.7 Å². The lowest BCUT2D eigenvalue weighted by Gasteiger charge is -2.42. The molecule has 5 heteroatoms. The Balaban J connectivity index is 2.58. The van der Waals surface area contributed by atoms with Crippen LogP contribution in [0, 0.1) is 0 Å². The van der Waals surface area contributed by atoms with Gasteiger partial charge in [0.15, 0.2) is 14.4 Å². The van der Waals surface area contributed by atoms with E-state index in [1.165, 1.54) is 0 Å². The third kappa shape index (κ3) is 4.90. The Kier molecular flexibility index (Phi) is 6.86. The van der Waals surface area contributed by atoms with Gasteiger partial charge in [-0.3, -0.25) is 0 Å². The minimum atomic E-state index is -2.09. The molecule has 2 N–H and O–H groups in total. The van der Waals surface area contributed by atoms with Crippen molar-refractivity contribution >= 4 is 14.3 Å². The zero-order valence-corrected chi connectivity index (χ0v) is 18.5. The van der Waals surface area contributed by atoms with Crippen molar-refractivity contribution in [2.24, 2.45) is 0 Å². The second kappa shape index (κ2) is 8.60. The molecule has 0 fully saturated rings. The molecule has 0 radical (unpaired) electrons. The van der Waals surface area contributed by atoms with Gasteiger partial charge in [-0.1, -0.05) is 81.4 Å². The Labute approximate surface area is 169 Å². The summed E-state index contributed by atoms with van der Waals surface area (Å²) < 4.78 is 6.58. The first-order valence-corrected chi connectivity index (χ1v) is 12.6. The Bertz CT molecular complexity index is 727. The van der Waals surface area contributed by atoms with Gasteiger partial charge in [0, 0.05) is 12.0 Å². The molecule has 28 heavy (non-hydrogen) atoms. The highest BCUT2D eigenvalue weighted by Crippen LogP contribution is 2.42. The number of hydrogen-bond acceptors (Lipinski definition) is 3. The number of benzene rings is 2. The van der Waals surface area contributed by atoms with E-state index in [2.05, 4.69) is 33.9 Å². The number of aliphatic hydroxyl groups excluding tert-OH is 1. The first-order chi connectivity index (χ1) is 13.0. The van der Waals surface area contributed by atoms with Gasteiger partial charge in [-0.2, -0.15) is 0 Å². The molecule has 2 rings (SSSR count). The van der Waals surface area contributed by atoms with Crippen molar-refractivity contribution in [2.75, 3.05) is 6.61 Å². The van der Waals surface area contributed by atoms with Crippen LogP contribution in [0.3, 0.4) is 0 Å². The highest BCUT2D eigenvalue weighted by molar-refractivity contribution is 6.74. The Morgan fingerprint density at radius 2 is 1.39 bits per heavy atom. The molecule has 0 bridgehead atoms. The predicted octanol–water partition coefficient (Wildman–Crippen LogP) is 4.83. The van der Waals surface area contributed by atoms with Crippen molar-refractivity contribution in [3.63, 3.8) is 0 Å². The summed E-state index contributed by atoms with van der Waals surface area (Å²) in [4.78, 5) is 11.5. The molecule has 152 valence electrons. The Morgan fingerprint density at radius 3 is 1.75 bits per heavy atom. The molecule has 0 amide bonds. The fraction of sp³-hybridized carbons (Fsp3) is 0.435. The van der Waals surface area contributed by atoms with Gasteiger partial charge in [0.2, 0.25) is 0 Å². The molecule has 1 atom stereocenters. The molecule has 0 aromatic heterocycles. The SMILES string of the molecule is CC(C)(C)[Si](C)(C)OCC(CC(O)C(=O)O)(c1ccccc1)c1ccccc1. The number of carbonyl (C=O) groups is 1. The van der Waals surface area contributed by atoms with E-state index in [0.29, 0.717) is 6.61 Å². The van der Waals surface area contributed by atoms with Gasteiger partial charge in [-0.05, 0) is 35.7 Å². The molecule has 0 aliphatic carbocycles. The zero-order valence-electron chi connectivity index (χ0n) is 17.5. The third-order valence-corrected chi connectivity index (χ3v) is 10.4. The van der Waals surface area contributed by atoms with Gasteiger partial charge in [-0.25, -0.2) is 4.79 Å². The van der Waals surface area contributed by atoms with E-state index in [4.69, 9.17) is 4.43 Å². The van der Waals surface area contributed by atoms with Crippen LogP contribution in [0.2, 0.25) is 18.1 Å². The van der Waals surface area contributed by atoms with Crippen LogP contribution in [0.15, 0.2) is 60.7 Å². The summed E-state index contributed by atoms with van der Waals surface area (Å²) in [6.45, 7) is 11.2. The second-order valence-electron chi connectivity index (χ2n) is 8.92. The maximum atomic E-state index is 11.5. The normalized spacial score (nSPS) is 13.9. The summed E-state index contributed by atoms with van der Waals surface area (Å²) in [5.74, 6) is -1.22. The summed E-state index contributed by atoms with van der Waals surface area (Å²) >= 11 is 0. The van der Waals surface area contributed by atoms with Crippen LogP contribution in [-0.4, -0.2) is 37.2 Å². The lowest BCUT2D eigenvalue weighted by Crippen LogP contribution is -2.47. The van der Waals surface area contributed by atoms with E-state index >= 15 is 0 Å². The van der Waals surface area contributed by atoms with Gasteiger partial charge in [-0.15, -0.1) is 0 Å². The summed E-state index contributed by atoms with van der Waals surface area (Å²) in [6.07, 6.45) is -1.44. The molecule has 0 saturated carbocycles. The summed E-state index contributed by atoms with van der Waals surface area (Å²) in [5, 5.41) is 19.8. The van der Waals surface area contributed by atoms with Gasteiger partial charge in [0.05, 0.1) is 0 Å². The van der Waals surface area contributed by atoms with Crippen molar-refractivity contribution < 1.29 is 19.4 Å². The highest BCUT2D eigenvalue weighted by atomic mass is 28.4. The van der Waals surface area contributed by atoms with E-state index in [1.54, 1.807) is 0 Å². The first kappa shape index (κ1) is 22.3. The average molecular weight is 401 g/mol. The quantitative estimate of drug-likeness (QED) is 0.623. The monoisotopic (exact) mass is 400 g/mol. The van der Waals surface area contributed by atoms with Gasteiger partial charge < -0.3 is 14.6 Å².